The number of halogens is 1. The summed E-state index contributed by atoms with van der Waals surface area (Å²) in [5.41, 5.74) is -0.519. The van der Waals surface area contributed by atoms with Gasteiger partial charge in [-0.1, -0.05) is 12.1 Å². The lowest BCUT2D eigenvalue weighted by Crippen LogP contribution is -2.23. The average molecular weight is 224 g/mol. The fraction of sp³-hybridized carbons (Fsp3) is 0.417. The van der Waals surface area contributed by atoms with Crippen LogP contribution in [0.2, 0.25) is 0 Å². The molecule has 0 heterocycles. The van der Waals surface area contributed by atoms with Crippen molar-refractivity contribution in [1.82, 2.24) is 0 Å². The number of carboxylic acid groups (broad SMARTS) is 1. The van der Waals surface area contributed by atoms with E-state index in [1.54, 1.807) is 0 Å². The summed E-state index contributed by atoms with van der Waals surface area (Å²) in [7, 11) is 0. The number of benzene rings is 1. The fourth-order valence-electron chi connectivity index (χ4n) is 2.26. The van der Waals surface area contributed by atoms with Gasteiger partial charge < -0.3 is 10.2 Å². The highest BCUT2D eigenvalue weighted by atomic mass is 19.1. The summed E-state index contributed by atoms with van der Waals surface area (Å²) in [5.74, 6) is -1.74. The second-order valence-corrected chi connectivity index (χ2v) is 4.32. The van der Waals surface area contributed by atoms with Gasteiger partial charge in [0.15, 0.2) is 0 Å². The summed E-state index contributed by atoms with van der Waals surface area (Å²) < 4.78 is 12.7. The van der Waals surface area contributed by atoms with Crippen molar-refractivity contribution in [3.8, 4) is 0 Å². The molecule has 0 aliphatic heterocycles. The molecule has 4 heteroatoms. The molecule has 0 amide bonds. The van der Waals surface area contributed by atoms with Crippen LogP contribution in [0.25, 0.3) is 0 Å². The molecule has 1 aromatic carbocycles. The number of aliphatic hydroxyl groups is 1. The van der Waals surface area contributed by atoms with E-state index in [9.17, 15) is 14.3 Å². The van der Waals surface area contributed by atoms with Crippen molar-refractivity contribution in [2.75, 3.05) is 0 Å². The van der Waals surface area contributed by atoms with E-state index < -0.39 is 17.5 Å². The van der Waals surface area contributed by atoms with Crippen molar-refractivity contribution in [1.29, 1.82) is 0 Å². The van der Waals surface area contributed by atoms with Crippen LogP contribution in [-0.2, 0) is 10.4 Å². The van der Waals surface area contributed by atoms with E-state index in [0.717, 1.165) is 0 Å². The molecule has 86 valence electrons. The molecule has 0 aromatic heterocycles. The van der Waals surface area contributed by atoms with Crippen LogP contribution in [0.5, 0.6) is 0 Å². The van der Waals surface area contributed by atoms with Gasteiger partial charge in [0, 0.05) is 0 Å². The maximum Gasteiger partial charge on any atom is 0.306 e. The topological polar surface area (TPSA) is 57.5 Å². The number of carboxylic acids is 1. The van der Waals surface area contributed by atoms with Crippen molar-refractivity contribution in [3.63, 3.8) is 0 Å². The quantitative estimate of drug-likeness (QED) is 0.806. The average Bonchev–Trinajstić information content (AvgIpc) is 2.63. The Morgan fingerprint density at radius 1 is 1.38 bits per heavy atom. The molecule has 1 saturated carbocycles. The highest BCUT2D eigenvalue weighted by Crippen LogP contribution is 2.42. The molecule has 0 bridgehead atoms. The molecule has 1 aliphatic carbocycles. The Bertz CT molecular complexity index is 401. The van der Waals surface area contributed by atoms with Crippen LogP contribution in [0.4, 0.5) is 4.39 Å². The van der Waals surface area contributed by atoms with E-state index in [0.29, 0.717) is 18.4 Å². The molecule has 16 heavy (non-hydrogen) atoms. The minimum Gasteiger partial charge on any atom is -0.481 e. The summed E-state index contributed by atoms with van der Waals surface area (Å²) in [6.07, 6.45) is 1.08. The normalized spacial score (nSPS) is 29.2. The zero-order valence-electron chi connectivity index (χ0n) is 8.69. The maximum atomic E-state index is 12.7. The van der Waals surface area contributed by atoms with Gasteiger partial charge in [-0.2, -0.15) is 0 Å². The Hall–Kier alpha value is -1.42. The zero-order chi connectivity index (χ0) is 11.8. The minimum absolute atomic E-state index is 0.202. The van der Waals surface area contributed by atoms with Gasteiger partial charge in [-0.15, -0.1) is 0 Å². The van der Waals surface area contributed by atoms with Crippen molar-refractivity contribution in [3.05, 3.63) is 35.6 Å². The second-order valence-electron chi connectivity index (χ2n) is 4.32. The summed E-state index contributed by atoms with van der Waals surface area (Å²) in [5, 5.41) is 19.2. The molecule has 0 saturated heterocycles. The lowest BCUT2D eigenvalue weighted by Gasteiger charge is -2.22. The van der Waals surface area contributed by atoms with E-state index in [4.69, 9.17) is 5.11 Å². The monoisotopic (exact) mass is 224 g/mol. The van der Waals surface area contributed by atoms with Gasteiger partial charge in [0.05, 0.1) is 11.5 Å². The number of hydrogen-bond donors (Lipinski definition) is 2. The molecule has 0 radical (unpaired) electrons. The summed E-state index contributed by atoms with van der Waals surface area (Å²) in [4.78, 5) is 10.8. The third-order valence-corrected chi connectivity index (χ3v) is 3.22. The summed E-state index contributed by atoms with van der Waals surface area (Å²) in [6.45, 7) is 0. The van der Waals surface area contributed by atoms with Gasteiger partial charge in [-0.25, -0.2) is 4.39 Å². The van der Waals surface area contributed by atoms with Crippen LogP contribution in [0.1, 0.15) is 24.8 Å². The standard InChI is InChI=1S/C12H13FO3/c13-10-3-1-9(2-4-10)12(16)6-5-8(7-12)11(14)15/h1-4,8,16H,5-7H2,(H,14,15)/t8-,12+/m1/s1. The molecule has 1 aliphatic rings. The fourth-order valence-corrected chi connectivity index (χ4v) is 2.26. The molecular weight excluding hydrogens is 211 g/mol. The van der Waals surface area contributed by atoms with Crippen LogP contribution in [0.3, 0.4) is 0 Å². The van der Waals surface area contributed by atoms with Gasteiger partial charge in [-0.05, 0) is 37.0 Å². The third kappa shape index (κ3) is 1.93. The van der Waals surface area contributed by atoms with Gasteiger partial charge in [0.2, 0.25) is 0 Å². The van der Waals surface area contributed by atoms with E-state index in [-0.39, 0.29) is 12.2 Å². The SMILES string of the molecule is O=C(O)[C@@H]1CC[C@@](O)(c2ccc(F)cc2)C1. The van der Waals surface area contributed by atoms with E-state index in [2.05, 4.69) is 0 Å². The van der Waals surface area contributed by atoms with Gasteiger partial charge >= 0.3 is 5.97 Å². The molecular formula is C12H13FO3. The van der Waals surface area contributed by atoms with E-state index >= 15 is 0 Å². The van der Waals surface area contributed by atoms with Gasteiger partial charge in [-0.3, -0.25) is 4.79 Å². The van der Waals surface area contributed by atoms with Crippen molar-refractivity contribution in [2.24, 2.45) is 5.92 Å². The van der Waals surface area contributed by atoms with Crippen molar-refractivity contribution >= 4 is 5.97 Å². The highest BCUT2D eigenvalue weighted by molar-refractivity contribution is 5.70. The van der Waals surface area contributed by atoms with Crippen LogP contribution in [-0.4, -0.2) is 16.2 Å². The smallest absolute Gasteiger partial charge is 0.306 e. The Kier molecular flexibility index (Phi) is 2.68. The predicted molar refractivity (Wildman–Crippen MR) is 55.3 cm³/mol. The molecule has 1 aromatic rings. The summed E-state index contributed by atoms with van der Waals surface area (Å²) >= 11 is 0. The molecule has 1 fully saturated rings. The molecule has 2 N–H and O–H groups in total. The first kappa shape index (κ1) is 11.1. The Balaban J connectivity index is 2.21. The lowest BCUT2D eigenvalue weighted by molar-refractivity contribution is -0.142. The Labute approximate surface area is 92.5 Å². The first-order valence-corrected chi connectivity index (χ1v) is 5.22. The van der Waals surface area contributed by atoms with Crippen LogP contribution in [0, 0.1) is 11.7 Å². The van der Waals surface area contributed by atoms with Gasteiger partial charge in [0.25, 0.3) is 0 Å². The summed E-state index contributed by atoms with van der Waals surface area (Å²) in [6, 6.07) is 5.59. The first-order valence-electron chi connectivity index (χ1n) is 5.22. The number of carbonyl (C=O) groups is 1. The Morgan fingerprint density at radius 2 is 2.00 bits per heavy atom. The van der Waals surface area contributed by atoms with Crippen LogP contribution in [0.15, 0.2) is 24.3 Å². The number of hydrogen-bond acceptors (Lipinski definition) is 2. The number of aliphatic carboxylic acids is 1. The largest absolute Gasteiger partial charge is 0.481 e. The Morgan fingerprint density at radius 3 is 2.50 bits per heavy atom. The second kappa shape index (κ2) is 3.87. The highest BCUT2D eigenvalue weighted by Gasteiger charge is 2.41. The molecule has 0 unspecified atom stereocenters. The van der Waals surface area contributed by atoms with E-state index in [1.165, 1.54) is 24.3 Å². The first-order chi connectivity index (χ1) is 7.51. The molecule has 2 atom stereocenters. The molecule has 3 nitrogen and oxygen atoms in total. The maximum absolute atomic E-state index is 12.7. The number of rotatable bonds is 2. The van der Waals surface area contributed by atoms with Crippen LogP contribution >= 0.6 is 0 Å². The molecule has 0 spiro atoms. The van der Waals surface area contributed by atoms with Crippen molar-refractivity contribution in [2.45, 2.75) is 24.9 Å². The lowest BCUT2D eigenvalue weighted by atomic mass is 9.91. The van der Waals surface area contributed by atoms with Crippen LogP contribution < -0.4 is 0 Å². The zero-order valence-corrected chi connectivity index (χ0v) is 8.69. The van der Waals surface area contributed by atoms with E-state index in [1.807, 2.05) is 0 Å². The third-order valence-electron chi connectivity index (χ3n) is 3.22. The minimum atomic E-state index is -1.11. The molecule has 2 rings (SSSR count). The predicted octanol–water partition coefficient (Wildman–Crippen LogP) is 1.90. The van der Waals surface area contributed by atoms with Gasteiger partial charge in [0.1, 0.15) is 5.82 Å². The van der Waals surface area contributed by atoms with Crippen molar-refractivity contribution < 1.29 is 19.4 Å².